The van der Waals surface area contributed by atoms with Crippen molar-refractivity contribution in [3.8, 4) is 0 Å². The number of nitrogens with one attached hydrogen (secondary N) is 2. The van der Waals surface area contributed by atoms with E-state index >= 15 is 0 Å². The molecule has 0 aliphatic carbocycles. The molecule has 0 saturated carbocycles. The van der Waals surface area contributed by atoms with E-state index in [4.69, 9.17) is 0 Å². The summed E-state index contributed by atoms with van der Waals surface area (Å²) < 4.78 is 2.06. The average molecular weight is 384 g/mol. The Morgan fingerprint density at radius 1 is 1.07 bits per heavy atom. The largest absolute Gasteiger partial charge is 0.379 e. The molecular weight excluding hydrogens is 360 g/mol. The highest BCUT2D eigenvalue weighted by Crippen LogP contribution is 2.25. The van der Waals surface area contributed by atoms with Crippen LogP contribution in [0.4, 0.5) is 17.2 Å². The molecule has 0 amide bonds. The van der Waals surface area contributed by atoms with Gasteiger partial charge in [0.05, 0.1) is 22.8 Å². The number of allylic oxidation sites excluding steroid dienone is 5. The number of hydrogen-bond acceptors (Lipinski definition) is 4. The molecule has 0 saturated heterocycles. The molecule has 2 N–H and O–H groups in total. The Morgan fingerprint density at radius 2 is 1.90 bits per heavy atom. The van der Waals surface area contributed by atoms with E-state index in [1.54, 1.807) is 30.6 Å². The first-order chi connectivity index (χ1) is 14.2. The molecule has 0 spiro atoms. The topological polar surface area (TPSA) is 59.0 Å². The minimum absolute atomic E-state index is 0.0834. The molecule has 146 valence electrons. The second kappa shape index (κ2) is 9.90. The van der Waals surface area contributed by atoms with Crippen LogP contribution >= 0.6 is 0 Å². The van der Waals surface area contributed by atoms with Crippen LogP contribution in [-0.2, 0) is 6.54 Å². The molecule has 29 heavy (non-hydrogen) atoms. The first kappa shape index (κ1) is 19.9. The van der Waals surface area contributed by atoms with Gasteiger partial charge >= 0.3 is 0 Å². The summed E-state index contributed by atoms with van der Waals surface area (Å²) in [6.07, 6.45) is 14.6. The van der Waals surface area contributed by atoms with Gasteiger partial charge in [-0.2, -0.15) is 0 Å². The van der Waals surface area contributed by atoms with E-state index in [0.29, 0.717) is 24.3 Å². The standard InChI is InChI=1S/C24H24N4O/c1-3-5-6-7-11-15-28-23(27-19-12-9-8-10-13-19)16-22(29)20-17-25-18-21(24(20)28)26-14-4-2/h3-13,16-18,26-27H,1-2,14-15H2/b6-5-,11-7-. The van der Waals surface area contributed by atoms with Gasteiger partial charge in [0.2, 0.25) is 0 Å². The second-order valence-corrected chi connectivity index (χ2v) is 6.30. The van der Waals surface area contributed by atoms with Crippen LogP contribution in [0.5, 0.6) is 0 Å². The molecule has 5 heteroatoms. The number of rotatable bonds is 9. The molecule has 0 atom stereocenters. The van der Waals surface area contributed by atoms with E-state index in [1.165, 1.54) is 0 Å². The highest BCUT2D eigenvalue weighted by Gasteiger charge is 2.13. The van der Waals surface area contributed by atoms with Crippen LogP contribution in [0, 0.1) is 0 Å². The molecular formula is C24H24N4O. The highest BCUT2D eigenvalue weighted by molar-refractivity contribution is 5.91. The zero-order valence-electron chi connectivity index (χ0n) is 16.2. The first-order valence-corrected chi connectivity index (χ1v) is 9.37. The summed E-state index contributed by atoms with van der Waals surface area (Å²) in [6.45, 7) is 8.57. The van der Waals surface area contributed by atoms with E-state index < -0.39 is 0 Å². The number of fused-ring (bicyclic) bond motifs is 1. The van der Waals surface area contributed by atoms with Crippen LogP contribution in [0.2, 0.25) is 0 Å². The van der Waals surface area contributed by atoms with Crippen molar-refractivity contribution >= 4 is 28.1 Å². The number of pyridine rings is 2. The van der Waals surface area contributed by atoms with Crippen molar-refractivity contribution in [2.75, 3.05) is 17.2 Å². The predicted octanol–water partition coefficient (Wildman–Crippen LogP) is 5.04. The lowest BCUT2D eigenvalue weighted by molar-refractivity contribution is 0.859. The Kier molecular flexibility index (Phi) is 6.79. The Hall–Kier alpha value is -3.86. The number of nitrogens with zero attached hydrogens (tertiary/aromatic N) is 2. The van der Waals surface area contributed by atoms with E-state index in [1.807, 2.05) is 54.6 Å². The summed E-state index contributed by atoms with van der Waals surface area (Å²) >= 11 is 0. The highest BCUT2D eigenvalue weighted by atomic mass is 16.1. The van der Waals surface area contributed by atoms with Crippen molar-refractivity contribution in [2.24, 2.45) is 0 Å². The van der Waals surface area contributed by atoms with Crippen LogP contribution in [0.25, 0.3) is 10.9 Å². The summed E-state index contributed by atoms with van der Waals surface area (Å²) in [6, 6.07) is 11.4. The minimum Gasteiger partial charge on any atom is -0.379 e. The van der Waals surface area contributed by atoms with Crippen LogP contribution < -0.4 is 16.1 Å². The quantitative estimate of drug-likeness (QED) is 0.401. The number of anilines is 3. The Bertz CT molecular complexity index is 1110. The van der Waals surface area contributed by atoms with E-state index in [0.717, 1.165) is 16.9 Å². The number of para-hydroxylation sites is 1. The molecule has 0 radical (unpaired) electrons. The van der Waals surface area contributed by atoms with Gasteiger partial charge in [-0.25, -0.2) is 0 Å². The van der Waals surface area contributed by atoms with Crippen molar-refractivity contribution in [2.45, 2.75) is 6.54 Å². The Morgan fingerprint density at radius 3 is 2.66 bits per heavy atom. The molecule has 0 aliphatic rings. The van der Waals surface area contributed by atoms with Crippen molar-refractivity contribution in [3.05, 3.63) is 109 Å². The fourth-order valence-corrected chi connectivity index (χ4v) is 2.99. The molecule has 0 aliphatic heterocycles. The molecule has 3 rings (SSSR count). The lowest BCUT2D eigenvalue weighted by Crippen LogP contribution is -2.15. The molecule has 0 unspecified atom stereocenters. The normalized spacial score (nSPS) is 11.2. The lowest BCUT2D eigenvalue weighted by Gasteiger charge is -2.19. The zero-order chi connectivity index (χ0) is 20.5. The van der Waals surface area contributed by atoms with Crippen LogP contribution in [0.15, 0.2) is 103 Å². The summed E-state index contributed by atoms with van der Waals surface area (Å²) in [5.41, 5.74) is 2.40. The Labute approximate surface area is 170 Å². The molecule has 0 fully saturated rings. The number of benzene rings is 1. The molecule has 2 heterocycles. The third-order valence-electron chi connectivity index (χ3n) is 4.28. The maximum absolute atomic E-state index is 12.8. The van der Waals surface area contributed by atoms with Gasteiger partial charge in [-0.15, -0.1) is 6.58 Å². The molecule has 5 nitrogen and oxygen atoms in total. The van der Waals surface area contributed by atoms with Crippen molar-refractivity contribution in [3.63, 3.8) is 0 Å². The van der Waals surface area contributed by atoms with Crippen LogP contribution in [-0.4, -0.2) is 16.1 Å². The molecule has 0 bridgehead atoms. The van der Waals surface area contributed by atoms with Crippen molar-refractivity contribution in [1.82, 2.24) is 9.55 Å². The summed E-state index contributed by atoms with van der Waals surface area (Å²) in [5.74, 6) is 0.707. The minimum atomic E-state index is -0.0834. The lowest BCUT2D eigenvalue weighted by atomic mass is 10.2. The maximum Gasteiger partial charge on any atom is 0.193 e. The number of hydrogen-bond donors (Lipinski definition) is 2. The van der Waals surface area contributed by atoms with Crippen LogP contribution in [0.3, 0.4) is 0 Å². The SMILES string of the molecule is C=C/C=C\C=C/Cn1c(Nc2ccccc2)cc(=O)c2cncc(NCC=C)c21. The predicted molar refractivity (Wildman–Crippen MR) is 123 cm³/mol. The van der Waals surface area contributed by atoms with E-state index in [2.05, 4.69) is 33.3 Å². The monoisotopic (exact) mass is 384 g/mol. The molecule has 1 aromatic carbocycles. The smallest absolute Gasteiger partial charge is 0.193 e. The average Bonchev–Trinajstić information content (AvgIpc) is 2.74. The fourth-order valence-electron chi connectivity index (χ4n) is 2.99. The van der Waals surface area contributed by atoms with Gasteiger partial charge in [0.15, 0.2) is 5.43 Å². The van der Waals surface area contributed by atoms with Gasteiger partial charge in [-0.3, -0.25) is 9.78 Å². The van der Waals surface area contributed by atoms with Crippen LogP contribution in [0.1, 0.15) is 0 Å². The van der Waals surface area contributed by atoms with Gasteiger partial charge in [0.1, 0.15) is 5.82 Å². The summed E-state index contributed by atoms with van der Waals surface area (Å²) in [4.78, 5) is 17.0. The molecule has 2 aromatic heterocycles. The third kappa shape index (κ3) is 4.90. The van der Waals surface area contributed by atoms with Gasteiger partial charge in [0, 0.05) is 31.0 Å². The maximum atomic E-state index is 12.8. The first-order valence-electron chi connectivity index (χ1n) is 9.37. The van der Waals surface area contributed by atoms with Crippen molar-refractivity contribution in [1.29, 1.82) is 0 Å². The zero-order valence-corrected chi connectivity index (χ0v) is 16.2. The van der Waals surface area contributed by atoms with Gasteiger partial charge < -0.3 is 15.2 Å². The second-order valence-electron chi connectivity index (χ2n) is 6.30. The van der Waals surface area contributed by atoms with Gasteiger partial charge in [-0.05, 0) is 12.1 Å². The number of aromatic nitrogens is 2. The van der Waals surface area contributed by atoms with Gasteiger partial charge in [0.25, 0.3) is 0 Å². The van der Waals surface area contributed by atoms with Crippen molar-refractivity contribution < 1.29 is 0 Å². The summed E-state index contributed by atoms with van der Waals surface area (Å²) in [7, 11) is 0. The third-order valence-corrected chi connectivity index (χ3v) is 4.28. The van der Waals surface area contributed by atoms with E-state index in [9.17, 15) is 4.79 Å². The fraction of sp³-hybridized carbons (Fsp3) is 0.0833. The Balaban J connectivity index is 2.16. The van der Waals surface area contributed by atoms with E-state index in [-0.39, 0.29) is 5.43 Å². The van der Waals surface area contributed by atoms with Gasteiger partial charge in [-0.1, -0.05) is 61.2 Å². The molecule has 3 aromatic rings. The summed E-state index contributed by atoms with van der Waals surface area (Å²) in [5, 5.41) is 7.22.